The molecule has 0 saturated heterocycles. The van der Waals surface area contributed by atoms with Crippen molar-refractivity contribution in [2.45, 2.75) is 20.3 Å². The van der Waals surface area contributed by atoms with E-state index in [4.69, 9.17) is 0 Å². The zero-order valence-corrected chi connectivity index (χ0v) is 7.94. The Bertz CT molecular complexity index is 226. The van der Waals surface area contributed by atoms with E-state index in [1.165, 1.54) is 0 Å². The molecule has 0 fully saturated rings. The minimum absolute atomic E-state index is 0.192. The quantitative estimate of drug-likeness (QED) is 0.635. The fourth-order valence-corrected chi connectivity index (χ4v) is 1.51. The molecule has 3 nitrogen and oxygen atoms in total. The van der Waals surface area contributed by atoms with Crippen LogP contribution < -0.4 is 0 Å². The Hall–Kier alpha value is -0.380. The van der Waals surface area contributed by atoms with Gasteiger partial charge in [-0.05, 0) is 5.92 Å². The van der Waals surface area contributed by atoms with Crippen molar-refractivity contribution in [2.75, 3.05) is 12.0 Å². The van der Waals surface area contributed by atoms with Gasteiger partial charge in [0.2, 0.25) is 0 Å². The molecule has 0 bridgehead atoms. The van der Waals surface area contributed by atoms with Gasteiger partial charge < -0.3 is 0 Å². The Morgan fingerprint density at radius 1 is 1.36 bits per heavy atom. The zero-order valence-electron chi connectivity index (χ0n) is 7.12. The first-order chi connectivity index (χ1) is 4.81. The van der Waals surface area contributed by atoms with Crippen molar-refractivity contribution in [1.82, 2.24) is 0 Å². The third-order valence-corrected chi connectivity index (χ3v) is 1.91. The summed E-state index contributed by atoms with van der Waals surface area (Å²) in [6.45, 7) is 3.78. The van der Waals surface area contributed by atoms with E-state index in [0.717, 1.165) is 6.26 Å². The van der Waals surface area contributed by atoms with Gasteiger partial charge in [-0.2, -0.15) is 0 Å². The monoisotopic (exact) mass is 178 g/mol. The highest BCUT2D eigenvalue weighted by Gasteiger charge is 2.11. The van der Waals surface area contributed by atoms with Crippen LogP contribution in [0.1, 0.15) is 20.3 Å². The normalized spacial score (nSPS) is 12.0. The average molecular weight is 178 g/mol. The summed E-state index contributed by atoms with van der Waals surface area (Å²) < 4.78 is 21.2. The number of rotatable bonds is 4. The van der Waals surface area contributed by atoms with Crippen molar-refractivity contribution in [3.8, 4) is 0 Å². The summed E-state index contributed by atoms with van der Waals surface area (Å²) in [6.07, 6.45) is 1.43. The van der Waals surface area contributed by atoms with E-state index >= 15 is 0 Å². The number of hydrogen-bond acceptors (Lipinski definition) is 3. The second-order valence-electron chi connectivity index (χ2n) is 3.21. The highest BCUT2D eigenvalue weighted by atomic mass is 32.2. The van der Waals surface area contributed by atoms with E-state index in [1.54, 1.807) is 0 Å². The van der Waals surface area contributed by atoms with E-state index in [2.05, 4.69) is 0 Å². The van der Waals surface area contributed by atoms with Crippen molar-refractivity contribution in [3.63, 3.8) is 0 Å². The fraction of sp³-hybridized carbons (Fsp3) is 0.857. The van der Waals surface area contributed by atoms with E-state index in [0.29, 0.717) is 6.42 Å². The molecule has 0 radical (unpaired) electrons. The van der Waals surface area contributed by atoms with Crippen molar-refractivity contribution in [1.29, 1.82) is 0 Å². The molecule has 4 heteroatoms. The third-order valence-electron chi connectivity index (χ3n) is 1.06. The van der Waals surface area contributed by atoms with Gasteiger partial charge in [0.25, 0.3) is 0 Å². The van der Waals surface area contributed by atoms with Crippen LogP contribution in [0.2, 0.25) is 0 Å². The van der Waals surface area contributed by atoms with Gasteiger partial charge >= 0.3 is 0 Å². The second kappa shape index (κ2) is 3.85. The smallest absolute Gasteiger partial charge is 0.154 e. The third kappa shape index (κ3) is 7.52. The van der Waals surface area contributed by atoms with Crippen LogP contribution >= 0.6 is 0 Å². The zero-order chi connectivity index (χ0) is 9.07. The SMILES string of the molecule is CC(C)CC(=O)CS(C)(=O)=O. The van der Waals surface area contributed by atoms with Gasteiger partial charge in [-0.25, -0.2) is 8.42 Å². The molecule has 0 atom stereocenters. The summed E-state index contributed by atoms with van der Waals surface area (Å²) in [6, 6.07) is 0. The van der Waals surface area contributed by atoms with E-state index in [-0.39, 0.29) is 17.5 Å². The van der Waals surface area contributed by atoms with Gasteiger partial charge in [0.15, 0.2) is 9.84 Å². The van der Waals surface area contributed by atoms with Crippen molar-refractivity contribution in [2.24, 2.45) is 5.92 Å². The van der Waals surface area contributed by atoms with Crippen LogP contribution in [0.5, 0.6) is 0 Å². The lowest BCUT2D eigenvalue weighted by atomic mass is 10.1. The second-order valence-corrected chi connectivity index (χ2v) is 5.35. The van der Waals surface area contributed by atoms with E-state index in [9.17, 15) is 13.2 Å². The molecular formula is C7H14O3S. The Balaban J connectivity index is 3.91. The molecule has 0 unspecified atom stereocenters. The number of sulfone groups is 1. The number of Topliss-reactive ketones (excluding diaryl/α,β-unsaturated/α-hetero) is 1. The molecule has 0 aromatic rings. The first-order valence-electron chi connectivity index (χ1n) is 3.50. The largest absolute Gasteiger partial charge is 0.299 e. The summed E-state index contributed by atoms with van der Waals surface area (Å²) in [5.74, 6) is -0.266. The highest BCUT2D eigenvalue weighted by Crippen LogP contribution is 2.01. The number of hydrogen-bond donors (Lipinski definition) is 0. The lowest BCUT2D eigenvalue weighted by molar-refractivity contribution is -0.117. The van der Waals surface area contributed by atoms with Crippen LogP contribution in [0, 0.1) is 5.92 Å². The molecule has 0 N–H and O–H groups in total. The fourth-order valence-electron chi connectivity index (χ4n) is 0.807. The van der Waals surface area contributed by atoms with E-state index in [1.807, 2.05) is 13.8 Å². The number of carbonyl (C=O) groups excluding carboxylic acids is 1. The highest BCUT2D eigenvalue weighted by molar-refractivity contribution is 7.91. The molecule has 0 rings (SSSR count). The number of carbonyl (C=O) groups is 1. The van der Waals surface area contributed by atoms with Crippen molar-refractivity contribution < 1.29 is 13.2 Å². The predicted molar refractivity (Wildman–Crippen MR) is 44.2 cm³/mol. The van der Waals surface area contributed by atoms with Gasteiger partial charge in [0.1, 0.15) is 11.5 Å². The number of ketones is 1. The predicted octanol–water partition coefficient (Wildman–Crippen LogP) is 0.646. The molecule has 0 aliphatic heterocycles. The standard InChI is InChI=1S/C7H14O3S/c1-6(2)4-7(8)5-11(3,9)10/h6H,4-5H2,1-3H3. The molecule has 0 heterocycles. The van der Waals surface area contributed by atoms with Gasteiger partial charge in [-0.15, -0.1) is 0 Å². The Morgan fingerprint density at radius 3 is 2.09 bits per heavy atom. The van der Waals surface area contributed by atoms with Crippen LogP contribution in [-0.4, -0.2) is 26.2 Å². The molecule has 66 valence electrons. The molecule has 0 amide bonds. The van der Waals surface area contributed by atoms with Gasteiger partial charge in [-0.1, -0.05) is 13.8 Å². The summed E-state index contributed by atoms with van der Waals surface area (Å²) in [5, 5.41) is 0. The molecule has 0 saturated carbocycles. The summed E-state index contributed by atoms with van der Waals surface area (Å²) >= 11 is 0. The van der Waals surface area contributed by atoms with Gasteiger partial charge in [0.05, 0.1) is 0 Å². The molecule has 0 aliphatic rings. The molecule has 0 aliphatic carbocycles. The first-order valence-corrected chi connectivity index (χ1v) is 5.56. The van der Waals surface area contributed by atoms with Gasteiger partial charge in [-0.3, -0.25) is 4.79 Å². The van der Waals surface area contributed by atoms with E-state index < -0.39 is 9.84 Å². The maximum atomic E-state index is 10.9. The molecular weight excluding hydrogens is 164 g/mol. The molecule has 0 aromatic heterocycles. The summed E-state index contributed by atoms with van der Waals surface area (Å²) in [7, 11) is -3.12. The average Bonchev–Trinajstić information content (AvgIpc) is 1.53. The first kappa shape index (κ1) is 10.6. The summed E-state index contributed by atoms with van der Waals surface area (Å²) in [4.78, 5) is 10.9. The molecule has 0 spiro atoms. The van der Waals surface area contributed by atoms with Crippen LogP contribution in [0.4, 0.5) is 0 Å². The summed E-state index contributed by atoms with van der Waals surface area (Å²) in [5.41, 5.74) is 0. The van der Waals surface area contributed by atoms with Gasteiger partial charge in [0, 0.05) is 12.7 Å². The van der Waals surface area contributed by atoms with Crippen LogP contribution in [-0.2, 0) is 14.6 Å². The minimum Gasteiger partial charge on any atom is -0.299 e. The lowest BCUT2D eigenvalue weighted by Gasteiger charge is -2.01. The van der Waals surface area contributed by atoms with Crippen molar-refractivity contribution >= 4 is 15.6 Å². The van der Waals surface area contributed by atoms with Crippen molar-refractivity contribution in [3.05, 3.63) is 0 Å². The van der Waals surface area contributed by atoms with Crippen LogP contribution in [0.25, 0.3) is 0 Å². The van der Waals surface area contributed by atoms with Crippen LogP contribution in [0.15, 0.2) is 0 Å². The Morgan fingerprint density at radius 2 is 1.82 bits per heavy atom. The Kier molecular flexibility index (Phi) is 3.72. The molecule has 11 heavy (non-hydrogen) atoms. The maximum absolute atomic E-state index is 10.9. The minimum atomic E-state index is -3.12. The molecule has 0 aromatic carbocycles. The maximum Gasteiger partial charge on any atom is 0.154 e. The van der Waals surface area contributed by atoms with Crippen LogP contribution in [0.3, 0.4) is 0 Å². The topological polar surface area (TPSA) is 51.2 Å². The lowest BCUT2D eigenvalue weighted by Crippen LogP contribution is -2.15. The Labute approximate surface area is 67.7 Å².